The molecule has 0 bridgehead atoms. The third-order valence-electron chi connectivity index (χ3n) is 6.14. The Labute approximate surface area is 208 Å². The zero-order chi connectivity index (χ0) is 25.0. The summed E-state index contributed by atoms with van der Waals surface area (Å²) in [7, 11) is 0. The standard InChI is InChI=1S/C23H29N5O4S2/c1-4-6-7-27-20(26-10-8-25(5-2)9-11-26)16(15(3)17(13-24)21(27)31)12-18-22(32)28(14-19(29)30)23(33)34-18/h12H,4-11,14H2,1-3H3,(H,29,30)/b18-12-. The van der Waals surface area contributed by atoms with E-state index in [1.165, 1.54) is 0 Å². The van der Waals surface area contributed by atoms with Crippen molar-refractivity contribution in [3.8, 4) is 6.07 Å². The van der Waals surface area contributed by atoms with E-state index in [0.29, 0.717) is 36.6 Å². The number of aliphatic carboxylic acids is 1. The molecular weight excluding hydrogens is 474 g/mol. The summed E-state index contributed by atoms with van der Waals surface area (Å²) >= 11 is 6.28. The first-order valence-electron chi connectivity index (χ1n) is 11.3. The molecule has 0 saturated carbocycles. The smallest absolute Gasteiger partial charge is 0.323 e. The largest absolute Gasteiger partial charge is 0.480 e. The molecule has 0 atom stereocenters. The Morgan fingerprint density at radius 3 is 2.47 bits per heavy atom. The maximum Gasteiger partial charge on any atom is 0.323 e. The minimum Gasteiger partial charge on any atom is -0.480 e. The predicted octanol–water partition coefficient (Wildman–Crippen LogP) is 2.26. The van der Waals surface area contributed by atoms with Crippen molar-refractivity contribution in [2.24, 2.45) is 0 Å². The molecule has 2 fully saturated rings. The highest BCUT2D eigenvalue weighted by atomic mass is 32.2. The SMILES string of the molecule is CCCCn1c(N2CCN(CC)CC2)c(/C=C2\SC(=S)N(CC(=O)O)C2=O)c(C)c(C#N)c1=O. The Balaban J connectivity index is 2.19. The fraction of sp³-hybridized carbons (Fsp3) is 0.522. The molecular formula is C23H29N5O4S2. The number of thiocarbonyl (C=S) groups is 1. The molecule has 3 rings (SSSR count). The lowest BCUT2D eigenvalue weighted by molar-refractivity contribution is -0.140. The van der Waals surface area contributed by atoms with Gasteiger partial charge in [0.1, 0.15) is 28.3 Å². The molecule has 0 radical (unpaired) electrons. The molecule has 3 heterocycles. The normalized spacial score (nSPS) is 18.1. The molecule has 2 aliphatic rings. The number of nitrogens with zero attached hydrogens (tertiary/aromatic N) is 5. The molecule has 0 spiro atoms. The third kappa shape index (κ3) is 5.19. The Morgan fingerprint density at radius 2 is 1.91 bits per heavy atom. The summed E-state index contributed by atoms with van der Waals surface area (Å²) in [6, 6.07) is 2.05. The van der Waals surface area contributed by atoms with E-state index in [1.807, 2.05) is 6.92 Å². The topological polar surface area (TPSA) is 110 Å². The van der Waals surface area contributed by atoms with Crippen molar-refractivity contribution in [2.75, 3.05) is 44.2 Å². The third-order valence-corrected chi connectivity index (χ3v) is 7.52. The lowest BCUT2D eigenvalue weighted by Crippen LogP contribution is -2.48. The number of carboxylic acid groups (broad SMARTS) is 1. The van der Waals surface area contributed by atoms with Crippen LogP contribution in [0.2, 0.25) is 0 Å². The van der Waals surface area contributed by atoms with Crippen molar-refractivity contribution >= 4 is 52.1 Å². The van der Waals surface area contributed by atoms with Gasteiger partial charge >= 0.3 is 5.97 Å². The number of likely N-dealkylation sites (N-methyl/N-ethyl adjacent to an activating group) is 1. The first kappa shape index (κ1) is 25.9. The maximum atomic E-state index is 13.3. The molecule has 2 aliphatic heterocycles. The van der Waals surface area contributed by atoms with Crippen molar-refractivity contribution < 1.29 is 14.7 Å². The van der Waals surface area contributed by atoms with E-state index in [4.69, 9.17) is 17.3 Å². The van der Waals surface area contributed by atoms with Crippen LogP contribution in [0, 0.1) is 18.3 Å². The second-order valence-corrected chi connectivity index (χ2v) is 9.92. The average molecular weight is 504 g/mol. The van der Waals surface area contributed by atoms with E-state index in [9.17, 15) is 19.6 Å². The molecule has 9 nitrogen and oxygen atoms in total. The number of carbonyl (C=O) groups is 2. The van der Waals surface area contributed by atoms with Gasteiger partial charge in [-0.3, -0.25) is 23.9 Å². The number of carbonyl (C=O) groups excluding carboxylic acids is 1. The summed E-state index contributed by atoms with van der Waals surface area (Å²) in [6.45, 7) is 9.90. The van der Waals surface area contributed by atoms with Gasteiger partial charge in [-0.15, -0.1) is 0 Å². The summed E-state index contributed by atoms with van der Waals surface area (Å²) in [4.78, 5) is 43.3. The van der Waals surface area contributed by atoms with E-state index in [-0.39, 0.29) is 20.3 Å². The molecule has 0 aromatic carbocycles. The minimum atomic E-state index is -1.15. The molecule has 182 valence electrons. The first-order chi connectivity index (χ1) is 16.2. The Kier molecular flexibility index (Phi) is 8.52. The monoisotopic (exact) mass is 503 g/mol. The van der Waals surface area contributed by atoms with Crippen LogP contribution < -0.4 is 10.5 Å². The average Bonchev–Trinajstić information content (AvgIpc) is 3.07. The van der Waals surface area contributed by atoms with Crippen molar-refractivity contribution in [3.63, 3.8) is 0 Å². The van der Waals surface area contributed by atoms with E-state index in [1.54, 1.807) is 17.6 Å². The van der Waals surface area contributed by atoms with Crippen molar-refractivity contribution in [2.45, 2.75) is 40.2 Å². The maximum absolute atomic E-state index is 13.3. The number of pyridine rings is 1. The zero-order valence-corrected chi connectivity index (χ0v) is 21.3. The van der Waals surface area contributed by atoms with E-state index >= 15 is 0 Å². The van der Waals surface area contributed by atoms with Crippen molar-refractivity contribution in [3.05, 3.63) is 31.9 Å². The fourth-order valence-electron chi connectivity index (χ4n) is 4.19. The van der Waals surface area contributed by atoms with Gasteiger partial charge in [-0.2, -0.15) is 5.26 Å². The first-order valence-corrected chi connectivity index (χ1v) is 12.6. The number of unbranched alkanes of at least 4 members (excludes halogenated alkanes) is 1. The van der Waals surface area contributed by atoms with Gasteiger partial charge < -0.3 is 14.9 Å². The Hall–Kier alpha value is -2.68. The van der Waals surface area contributed by atoms with Crippen molar-refractivity contribution in [1.82, 2.24) is 14.4 Å². The van der Waals surface area contributed by atoms with Gasteiger partial charge in [0.05, 0.1) is 4.91 Å². The van der Waals surface area contributed by atoms with Crippen LogP contribution in [0.5, 0.6) is 0 Å². The number of hydrogen-bond donors (Lipinski definition) is 1. The molecule has 2 saturated heterocycles. The summed E-state index contributed by atoms with van der Waals surface area (Å²) in [5.41, 5.74) is 0.876. The summed E-state index contributed by atoms with van der Waals surface area (Å²) in [5.74, 6) is -0.930. The minimum absolute atomic E-state index is 0.0549. The van der Waals surface area contributed by atoms with E-state index < -0.39 is 18.4 Å². The zero-order valence-electron chi connectivity index (χ0n) is 19.7. The highest BCUT2D eigenvalue weighted by Gasteiger charge is 2.34. The van der Waals surface area contributed by atoms with Crippen LogP contribution in [0.3, 0.4) is 0 Å². The molecule has 0 aliphatic carbocycles. The number of amides is 1. The number of hydrogen-bond acceptors (Lipinski definition) is 8. The summed E-state index contributed by atoms with van der Waals surface area (Å²) in [5, 5.41) is 18.9. The van der Waals surface area contributed by atoms with Gasteiger partial charge in [-0.25, -0.2) is 0 Å². The second kappa shape index (κ2) is 11.2. The molecule has 1 aromatic heterocycles. The highest BCUT2D eigenvalue weighted by molar-refractivity contribution is 8.26. The number of nitriles is 1. The molecule has 0 unspecified atom stereocenters. The van der Waals surface area contributed by atoms with Crippen LogP contribution in [0.25, 0.3) is 6.08 Å². The van der Waals surface area contributed by atoms with Gasteiger partial charge in [0.15, 0.2) is 0 Å². The summed E-state index contributed by atoms with van der Waals surface area (Å²) in [6.07, 6.45) is 3.32. The molecule has 11 heteroatoms. The van der Waals surface area contributed by atoms with Gasteiger partial charge in [-0.05, 0) is 31.5 Å². The highest BCUT2D eigenvalue weighted by Crippen LogP contribution is 2.36. The lowest BCUT2D eigenvalue weighted by Gasteiger charge is -2.37. The Morgan fingerprint density at radius 1 is 1.24 bits per heavy atom. The quantitative estimate of drug-likeness (QED) is 0.422. The number of rotatable bonds is 8. The van der Waals surface area contributed by atoms with Gasteiger partial charge in [-0.1, -0.05) is 44.2 Å². The van der Waals surface area contributed by atoms with Crippen LogP contribution in [0.1, 0.15) is 43.4 Å². The van der Waals surface area contributed by atoms with Gasteiger partial charge in [0, 0.05) is 38.3 Å². The van der Waals surface area contributed by atoms with Crippen LogP contribution >= 0.6 is 24.0 Å². The molecule has 1 amide bonds. The van der Waals surface area contributed by atoms with Crippen LogP contribution in [0.15, 0.2) is 9.70 Å². The van der Waals surface area contributed by atoms with Gasteiger partial charge in [0.25, 0.3) is 11.5 Å². The lowest BCUT2D eigenvalue weighted by atomic mass is 10.0. The number of thioether (sulfide) groups is 1. The number of aromatic nitrogens is 1. The second-order valence-electron chi connectivity index (χ2n) is 8.24. The summed E-state index contributed by atoms with van der Waals surface area (Å²) < 4.78 is 1.84. The van der Waals surface area contributed by atoms with E-state index in [2.05, 4.69) is 22.8 Å². The number of carboxylic acids is 1. The molecule has 34 heavy (non-hydrogen) atoms. The predicted molar refractivity (Wildman–Crippen MR) is 137 cm³/mol. The number of piperazine rings is 1. The Bertz CT molecular complexity index is 1130. The number of anilines is 1. The molecule has 1 N–H and O–H groups in total. The van der Waals surface area contributed by atoms with E-state index in [0.717, 1.165) is 49.1 Å². The van der Waals surface area contributed by atoms with Crippen LogP contribution in [0.4, 0.5) is 5.82 Å². The van der Waals surface area contributed by atoms with Crippen LogP contribution in [-0.2, 0) is 16.1 Å². The molecule has 1 aromatic rings. The fourth-order valence-corrected chi connectivity index (χ4v) is 5.42. The van der Waals surface area contributed by atoms with Crippen molar-refractivity contribution in [1.29, 1.82) is 5.26 Å². The van der Waals surface area contributed by atoms with Crippen LogP contribution in [-0.4, -0.2) is 74.9 Å². The van der Waals surface area contributed by atoms with Gasteiger partial charge in [0.2, 0.25) is 0 Å².